The van der Waals surface area contributed by atoms with Crippen LogP contribution < -0.4 is 4.74 Å². The predicted molar refractivity (Wildman–Crippen MR) is 56.0 cm³/mol. The summed E-state index contributed by atoms with van der Waals surface area (Å²) in [6.07, 6.45) is -4.80. The first-order valence-corrected chi connectivity index (χ1v) is 5.41. The highest BCUT2D eigenvalue weighted by Crippen LogP contribution is 2.28. The average molecular weight is 297 g/mol. The number of hydrogen-bond donors (Lipinski definition) is 0. The van der Waals surface area contributed by atoms with Gasteiger partial charge in [-0.2, -0.15) is 0 Å². The van der Waals surface area contributed by atoms with E-state index in [1.54, 1.807) is 13.0 Å². The largest absolute Gasteiger partial charge is 0.573 e. The molecular weight excluding hydrogens is 289 g/mol. The van der Waals surface area contributed by atoms with Crippen molar-refractivity contribution < 1.29 is 22.7 Å². The minimum absolute atomic E-state index is 0.0513. The molecule has 1 rings (SSSR count). The number of halogens is 4. The van der Waals surface area contributed by atoms with Gasteiger partial charge in [-0.3, -0.25) is 4.79 Å². The van der Waals surface area contributed by atoms with E-state index in [0.29, 0.717) is 5.56 Å². The molecule has 2 nitrogen and oxygen atoms in total. The third-order valence-corrected chi connectivity index (χ3v) is 2.29. The normalized spacial score (nSPS) is 11.3. The monoisotopic (exact) mass is 296 g/mol. The number of ketones is 1. The maximum absolute atomic E-state index is 12.1. The Morgan fingerprint density at radius 2 is 2.06 bits per heavy atom. The Morgan fingerprint density at radius 1 is 1.44 bits per heavy atom. The molecule has 0 saturated carbocycles. The summed E-state index contributed by atoms with van der Waals surface area (Å²) in [7, 11) is 0. The number of carbonyl (C=O) groups is 1. The number of aryl methyl sites for hydroxylation is 1. The van der Waals surface area contributed by atoms with Crippen molar-refractivity contribution in [2.75, 3.05) is 5.33 Å². The molecule has 0 amide bonds. The summed E-state index contributed by atoms with van der Waals surface area (Å²) in [4.78, 5) is 11.3. The maximum atomic E-state index is 12.1. The number of carbonyl (C=O) groups excluding carboxylic acids is 1. The zero-order valence-corrected chi connectivity index (χ0v) is 9.85. The van der Waals surface area contributed by atoms with Crippen LogP contribution in [0.1, 0.15) is 15.9 Å². The minimum atomic E-state index is -4.80. The van der Waals surface area contributed by atoms with Crippen molar-refractivity contribution >= 4 is 21.7 Å². The molecule has 0 aliphatic rings. The van der Waals surface area contributed by atoms with E-state index >= 15 is 0 Å². The van der Waals surface area contributed by atoms with Crippen molar-refractivity contribution in [2.45, 2.75) is 13.3 Å². The highest BCUT2D eigenvalue weighted by Gasteiger charge is 2.32. The van der Waals surface area contributed by atoms with Crippen molar-refractivity contribution in [2.24, 2.45) is 0 Å². The number of rotatable bonds is 3. The molecular formula is C10H8BrF3O2. The van der Waals surface area contributed by atoms with Crippen molar-refractivity contribution in [1.82, 2.24) is 0 Å². The van der Waals surface area contributed by atoms with Gasteiger partial charge >= 0.3 is 6.36 Å². The van der Waals surface area contributed by atoms with Gasteiger partial charge in [0.05, 0.1) is 10.9 Å². The Labute approximate surface area is 98.5 Å². The Balaban J connectivity index is 3.13. The third-order valence-electron chi connectivity index (χ3n) is 1.78. The molecule has 0 atom stereocenters. The van der Waals surface area contributed by atoms with Crippen molar-refractivity contribution in [1.29, 1.82) is 0 Å². The lowest BCUT2D eigenvalue weighted by molar-refractivity contribution is -0.274. The second kappa shape index (κ2) is 4.86. The van der Waals surface area contributed by atoms with Crippen molar-refractivity contribution in [3.63, 3.8) is 0 Å². The fourth-order valence-corrected chi connectivity index (χ4v) is 1.44. The van der Waals surface area contributed by atoms with Gasteiger partial charge in [-0.25, -0.2) is 0 Å². The summed E-state index contributed by atoms with van der Waals surface area (Å²) in [5.74, 6) is -0.920. The van der Waals surface area contributed by atoms with Crippen LogP contribution in [0.5, 0.6) is 5.75 Å². The fourth-order valence-electron chi connectivity index (χ4n) is 1.14. The smallest absolute Gasteiger partial charge is 0.405 e. The SMILES string of the molecule is Cc1ccc(C(=O)CBr)c(OC(F)(F)F)c1. The van der Waals surface area contributed by atoms with Gasteiger partial charge < -0.3 is 4.74 Å². The molecule has 0 heterocycles. The maximum Gasteiger partial charge on any atom is 0.573 e. The van der Waals surface area contributed by atoms with Gasteiger partial charge in [0.15, 0.2) is 5.78 Å². The number of ether oxygens (including phenoxy) is 1. The first kappa shape index (κ1) is 13.0. The summed E-state index contributed by atoms with van der Waals surface area (Å²) in [6, 6.07) is 4.06. The van der Waals surface area contributed by atoms with E-state index in [2.05, 4.69) is 20.7 Å². The summed E-state index contributed by atoms with van der Waals surface area (Å²) in [5, 5.41) is -0.0513. The Morgan fingerprint density at radius 3 is 2.56 bits per heavy atom. The van der Waals surface area contributed by atoms with Crippen LogP contribution in [-0.4, -0.2) is 17.5 Å². The molecule has 6 heteroatoms. The summed E-state index contributed by atoms with van der Waals surface area (Å²) < 4.78 is 40.0. The van der Waals surface area contributed by atoms with Gasteiger partial charge in [0.2, 0.25) is 0 Å². The number of benzene rings is 1. The van der Waals surface area contributed by atoms with Gasteiger partial charge in [-0.15, -0.1) is 13.2 Å². The van der Waals surface area contributed by atoms with E-state index in [0.717, 1.165) is 0 Å². The first-order valence-electron chi connectivity index (χ1n) is 4.29. The number of Topliss-reactive ketones (excluding diaryl/α,β-unsaturated/α-hetero) is 1. The molecule has 0 spiro atoms. The topological polar surface area (TPSA) is 26.3 Å². The molecule has 0 aliphatic carbocycles. The van der Waals surface area contributed by atoms with Crippen molar-refractivity contribution in [3.8, 4) is 5.75 Å². The molecule has 0 aromatic heterocycles. The highest BCUT2D eigenvalue weighted by atomic mass is 79.9. The molecule has 1 aromatic carbocycles. The zero-order chi connectivity index (χ0) is 12.3. The molecule has 0 bridgehead atoms. The van der Waals surface area contributed by atoms with Gasteiger partial charge in [-0.1, -0.05) is 22.0 Å². The lowest BCUT2D eigenvalue weighted by Gasteiger charge is -2.12. The van der Waals surface area contributed by atoms with E-state index in [4.69, 9.17) is 0 Å². The minimum Gasteiger partial charge on any atom is -0.405 e. The Kier molecular flexibility index (Phi) is 3.96. The van der Waals surface area contributed by atoms with Crippen LogP contribution in [0.4, 0.5) is 13.2 Å². The quantitative estimate of drug-likeness (QED) is 0.631. The van der Waals surface area contributed by atoms with Crippen LogP contribution in [0.3, 0.4) is 0 Å². The van der Waals surface area contributed by atoms with Gasteiger partial charge in [0, 0.05) is 0 Å². The van der Waals surface area contributed by atoms with Gasteiger partial charge in [-0.05, 0) is 24.6 Å². The van der Waals surface area contributed by atoms with E-state index in [1.807, 2.05) is 0 Å². The first-order chi connectivity index (χ1) is 7.33. The summed E-state index contributed by atoms with van der Waals surface area (Å²) in [5.41, 5.74) is 0.505. The molecule has 1 aromatic rings. The summed E-state index contributed by atoms with van der Waals surface area (Å²) in [6.45, 7) is 1.62. The fraction of sp³-hybridized carbons (Fsp3) is 0.300. The van der Waals surface area contributed by atoms with E-state index < -0.39 is 17.9 Å². The lowest BCUT2D eigenvalue weighted by Crippen LogP contribution is -2.19. The van der Waals surface area contributed by atoms with Crippen LogP contribution >= 0.6 is 15.9 Å². The molecule has 0 unspecified atom stereocenters. The summed E-state index contributed by atoms with van der Waals surface area (Å²) >= 11 is 2.90. The highest BCUT2D eigenvalue weighted by molar-refractivity contribution is 9.09. The Hall–Kier alpha value is -1.04. The second-order valence-corrected chi connectivity index (χ2v) is 3.66. The molecule has 0 saturated heterocycles. The van der Waals surface area contributed by atoms with Crippen LogP contribution in [-0.2, 0) is 0 Å². The van der Waals surface area contributed by atoms with Crippen LogP contribution in [0.25, 0.3) is 0 Å². The molecule has 0 radical (unpaired) electrons. The van der Waals surface area contributed by atoms with E-state index in [1.165, 1.54) is 12.1 Å². The lowest BCUT2D eigenvalue weighted by atomic mass is 10.1. The van der Waals surface area contributed by atoms with Crippen molar-refractivity contribution in [3.05, 3.63) is 29.3 Å². The van der Waals surface area contributed by atoms with E-state index in [9.17, 15) is 18.0 Å². The second-order valence-electron chi connectivity index (χ2n) is 3.10. The van der Waals surface area contributed by atoms with Crippen LogP contribution in [0.2, 0.25) is 0 Å². The van der Waals surface area contributed by atoms with Crippen LogP contribution in [0.15, 0.2) is 18.2 Å². The zero-order valence-electron chi connectivity index (χ0n) is 8.27. The standard InChI is InChI=1S/C10H8BrF3O2/c1-6-2-3-7(8(15)5-11)9(4-6)16-10(12,13)14/h2-4H,5H2,1H3. The van der Waals surface area contributed by atoms with E-state index in [-0.39, 0.29) is 10.9 Å². The van der Waals surface area contributed by atoms with Gasteiger partial charge in [0.25, 0.3) is 0 Å². The number of alkyl halides is 4. The Bertz CT molecular complexity index is 402. The third kappa shape index (κ3) is 3.52. The number of hydrogen-bond acceptors (Lipinski definition) is 2. The average Bonchev–Trinajstić information content (AvgIpc) is 2.14. The molecule has 16 heavy (non-hydrogen) atoms. The molecule has 88 valence electrons. The molecule has 0 fully saturated rings. The molecule has 0 aliphatic heterocycles. The van der Waals surface area contributed by atoms with Gasteiger partial charge in [0.1, 0.15) is 5.75 Å². The van der Waals surface area contributed by atoms with Crippen LogP contribution in [0, 0.1) is 6.92 Å². The predicted octanol–water partition coefficient (Wildman–Crippen LogP) is 3.47. The molecule has 0 N–H and O–H groups in total.